The highest BCUT2D eigenvalue weighted by atomic mass is 14.2. The maximum Gasteiger partial charge on any atom is -0.0203 e. The maximum atomic E-state index is 2.36. The largest absolute Gasteiger partial charge is 0.0849 e. The summed E-state index contributed by atoms with van der Waals surface area (Å²) in [5, 5.41) is 0. The second-order valence-electron chi connectivity index (χ2n) is 4.06. The molecule has 0 atom stereocenters. The van der Waals surface area contributed by atoms with E-state index in [1.165, 1.54) is 12.8 Å². The smallest absolute Gasteiger partial charge is 0.0203 e. The lowest BCUT2D eigenvalue weighted by Crippen LogP contribution is -1.98. The van der Waals surface area contributed by atoms with E-state index in [0.29, 0.717) is 5.41 Å². The first-order valence-corrected chi connectivity index (χ1v) is 3.77. The third-order valence-electron chi connectivity index (χ3n) is 1.49. The van der Waals surface area contributed by atoms with Gasteiger partial charge in [-0.2, -0.15) is 0 Å². The second-order valence-corrected chi connectivity index (χ2v) is 4.06. The van der Waals surface area contributed by atoms with Crippen molar-refractivity contribution in [2.24, 2.45) is 11.3 Å². The molecule has 0 unspecified atom stereocenters. The molecule has 0 heterocycles. The predicted molar refractivity (Wildman–Crippen MR) is 41.3 cm³/mol. The molecule has 9 heavy (non-hydrogen) atoms. The van der Waals surface area contributed by atoms with Crippen LogP contribution in [0.2, 0.25) is 0 Å². The van der Waals surface area contributed by atoms with Crippen LogP contribution in [0.15, 0.2) is 12.2 Å². The maximum absolute atomic E-state index is 2.36. The third kappa shape index (κ3) is 3.34. The van der Waals surface area contributed by atoms with Gasteiger partial charge in [0.25, 0.3) is 0 Å². The van der Waals surface area contributed by atoms with Crippen molar-refractivity contribution in [3.05, 3.63) is 12.2 Å². The van der Waals surface area contributed by atoms with Gasteiger partial charge in [0.2, 0.25) is 0 Å². The van der Waals surface area contributed by atoms with Gasteiger partial charge < -0.3 is 0 Å². The van der Waals surface area contributed by atoms with Crippen molar-refractivity contribution in [1.29, 1.82) is 0 Å². The van der Waals surface area contributed by atoms with Crippen molar-refractivity contribution >= 4 is 0 Å². The molecular formula is C9H16. The molecule has 0 nitrogen and oxygen atoms in total. The zero-order valence-electron chi connectivity index (χ0n) is 6.65. The van der Waals surface area contributed by atoms with Gasteiger partial charge in [-0.3, -0.25) is 0 Å². The van der Waals surface area contributed by atoms with E-state index in [2.05, 4.69) is 32.9 Å². The average molecular weight is 124 g/mol. The molecule has 0 aromatic carbocycles. The monoisotopic (exact) mass is 124 g/mol. The van der Waals surface area contributed by atoms with Crippen LogP contribution >= 0.6 is 0 Å². The average Bonchev–Trinajstić information content (AvgIpc) is 2.38. The summed E-state index contributed by atoms with van der Waals surface area (Å²) in [7, 11) is 0. The van der Waals surface area contributed by atoms with E-state index < -0.39 is 0 Å². The van der Waals surface area contributed by atoms with Crippen LogP contribution in [-0.2, 0) is 0 Å². The van der Waals surface area contributed by atoms with Gasteiger partial charge >= 0.3 is 0 Å². The first kappa shape index (κ1) is 6.85. The highest BCUT2D eigenvalue weighted by Gasteiger charge is 2.18. The lowest BCUT2D eigenvalue weighted by Gasteiger charge is -2.10. The molecule has 0 radical (unpaired) electrons. The Morgan fingerprint density at radius 1 is 1.22 bits per heavy atom. The Hall–Kier alpha value is -0.260. The fourth-order valence-electron chi connectivity index (χ4n) is 0.713. The van der Waals surface area contributed by atoms with Crippen LogP contribution in [-0.4, -0.2) is 0 Å². The first-order valence-electron chi connectivity index (χ1n) is 3.77. The Morgan fingerprint density at radius 2 is 1.78 bits per heavy atom. The standard InChI is InChI=1S/C9H16/c1-9(2,3)7-6-8-4-5-8/h6-8H,4-5H2,1-3H3/b7-6-. The minimum atomic E-state index is 0.391. The summed E-state index contributed by atoms with van der Waals surface area (Å²) < 4.78 is 0. The number of hydrogen-bond acceptors (Lipinski definition) is 0. The van der Waals surface area contributed by atoms with Crippen molar-refractivity contribution < 1.29 is 0 Å². The van der Waals surface area contributed by atoms with E-state index in [1.807, 2.05) is 0 Å². The normalized spacial score (nSPS) is 21.2. The Bertz CT molecular complexity index is 110. The van der Waals surface area contributed by atoms with Crippen LogP contribution in [0.3, 0.4) is 0 Å². The lowest BCUT2D eigenvalue weighted by atomic mass is 9.96. The van der Waals surface area contributed by atoms with Crippen LogP contribution in [0.1, 0.15) is 33.6 Å². The van der Waals surface area contributed by atoms with Crippen molar-refractivity contribution in [1.82, 2.24) is 0 Å². The summed E-state index contributed by atoms with van der Waals surface area (Å²) in [6, 6.07) is 0. The number of hydrogen-bond donors (Lipinski definition) is 0. The molecular weight excluding hydrogens is 108 g/mol. The van der Waals surface area contributed by atoms with Crippen molar-refractivity contribution in [2.45, 2.75) is 33.6 Å². The highest BCUT2D eigenvalue weighted by molar-refractivity contribution is 5.00. The fraction of sp³-hybridized carbons (Fsp3) is 0.778. The molecule has 1 rings (SSSR count). The van der Waals surface area contributed by atoms with E-state index in [9.17, 15) is 0 Å². The van der Waals surface area contributed by atoms with Gasteiger partial charge in [0.1, 0.15) is 0 Å². The Labute approximate surface area is 58.0 Å². The zero-order valence-corrected chi connectivity index (χ0v) is 6.65. The van der Waals surface area contributed by atoms with E-state index in [0.717, 1.165) is 5.92 Å². The zero-order chi connectivity index (χ0) is 6.91. The van der Waals surface area contributed by atoms with Crippen LogP contribution in [0.25, 0.3) is 0 Å². The first-order chi connectivity index (χ1) is 4.08. The minimum Gasteiger partial charge on any atom is -0.0849 e. The summed E-state index contributed by atoms with van der Waals surface area (Å²) in [4.78, 5) is 0. The van der Waals surface area contributed by atoms with E-state index >= 15 is 0 Å². The van der Waals surface area contributed by atoms with E-state index in [4.69, 9.17) is 0 Å². The highest BCUT2D eigenvalue weighted by Crippen LogP contribution is 2.31. The Kier molecular flexibility index (Phi) is 1.65. The predicted octanol–water partition coefficient (Wildman–Crippen LogP) is 3.00. The molecule has 1 aliphatic carbocycles. The molecule has 0 heteroatoms. The second kappa shape index (κ2) is 2.17. The molecule has 0 N–H and O–H groups in total. The van der Waals surface area contributed by atoms with Crippen molar-refractivity contribution in [2.75, 3.05) is 0 Å². The molecule has 1 aliphatic rings. The molecule has 1 saturated carbocycles. The summed E-state index contributed by atoms with van der Waals surface area (Å²) >= 11 is 0. The quantitative estimate of drug-likeness (QED) is 0.471. The van der Waals surface area contributed by atoms with Gasteiger partial charge in [-0.1, -0.05) is 32.9 Å². The summed E-state index contributed by atoms with van der Waals surface area (Å²) in [5.41, 5.74) is 0.391. The van der Waals surface area contributed by atoms with Gasteiger partial charge in [0, 0.05) is 0 Å². The molecule has 0 spiro atoms. The van der Waals surface area contributed by atoms with Crippen LogP contribution in [0, 0.1) is 11.3 Å². The molecule has 0 aromatic rings. The van der Waals surface area contributed by atoms with Crippen molar-refractivity contribution in [3.63, 3.8) is 0 Å². The van der Waals surface area contributed by atoms with Gasteiger partial charge in [-0.05, 0) is 24.2 Å². The Morgan fingerprint density at radius 3 is 2.11 bits per heavy atom. The molecule has 0 amide bonds. The van der Waals surface area contributed by atoms with Crippen LogP contribution < -0.4 is 0 Å². The molecule has 1 fully saturated rings. The van der Waals surface area contributed by atoms with Gasteiger partial charge in [-0.15, -0.1) is 0 Å². The fourth-order valence-corrected chi connectivity index (χ4v) is 0.713. The third-order valence-corrected chi connectivity index (χ3v) is 1.49. The van der Waals surface area contributed by atoms with E-state index in [-0.39, 0.29) is 0 Å². The van der Waals surface area contributed by atoms with Gasteiger partial charge in [-0.25, -0.2) is 0 Å². The topological polar surface area (TPSA) is 0 Å². The molecule has 52 valence electrons. The van der Waals surface area contributed by atoms with Crippen molar-refractivity contribution in [3.8, 4) is 0 Å². The SMILES string of the molecule is CC(C)(C)/C=C\C1CC1. The molecule has 0 bridgehead atoms. The molecule has 0 aromatic heterocycles. The van der Waals surface area contributed by atoms with Crippen LogP contribution in [0.5, 0.6) is 0 Å². The summed E-state index contributed by atoms with van der Waals surface area (Å²) in [5.74, 6) is 0.934. The molecule has 0 aliphatic heterocycles. The number of allylic oxidation sites excluding steroid dienone is 2. The van der Waals surface area contributed by atoms with E-state index in [1.54, 1.807) is 0 Å². The van der Waals surface area contributed by atoms with Gasteiger partial charge in [0.15, 0.2) is 0 Å². The molecule has 0 saturated heterocycles. The minimum absolute atomic E-state index is 0.391. The lowest BCUT2D eigenvalue weighted by molar-refractivity contribution is 0.541. The van der Waals surface area contributed by atoms with Gasteiger partial charge in [0.05, 0.1) is 0 Å². The summed E-state index contributed by atoms with van der Waals surface area (Å²) in [6.45, 7) is 6.73. The number of rotatable bonds is 1. The Balaban J connectivity index is 2.29. The van der Waals surface area contributed by atoms with Crippen LogP contribution in [0.4, 0.5) is 0 Å². The summed E-state index contributed by atoms with van der Waals surface area (Å²) in [6.07, 6.45) is 7.53.